The second kappa shape index (κ2) is 3.81. The zero-order chi connectivity index (χ0) is 11.0. The normalized spacial score (nSPS) is 12.3. The summed E-state index contributed by atoms with van der Waals surface area (Å²) in [7, 11) is 1.68. The summed E-state index contributed by atoms with van der Waals surface area (Å²) in [5.41, 5.74) is 1.12. The third kappa shape index (κ3) is 1.56. The minimum absolute atomic E-state index is 0.330. The SMILES string of the molecule is COc1ccc2c(c1)Nc1ncccc1[Se]2. The molecule has 0 saturated heterocycles. The standard InChI is InChI=1S/C12H10N2OSe/c1-15-8-4-5-10-9(7-8)14-12-11(16-10)3-2-6-13-12/h2-7H,1H3,(H,13,14). The Hall–Kier alpha value is -1.51. The van der Waals surface area contributed by atoms with E-state index >= 15 is 0 Å². The van der Waals surface area contributed by atoms with E-state index < -0.39 is 0 Å². The molecule has 1 aliphatic rings. The molecule has 0 fully saturated rings. The van der Waals surface area contributed by atoms with Crippen LogP contribution in [-0.4, -0.2) is 27.1 Å². The third-order valence-corrected chi connectivity index (χ3v) is 4.79. The molecule has 1 N–H and O–H groups in total. The molecule has 0 saturated carbocycles. The first-order valence-electron chi connectivity index (χ1n) is 4.95. The molecule has 0 bridgehead atoms. The van der Waals surface area contributed by atoms with E-state index in [0.717, 1.165) is 17.3 Å². The fourth-order valence-corrected chi connectivity index (χ4v) is 3.61. The van der Waals surface area contributed by atoms with Crippen molar-refractivity contribution in [3.8, 4) is 5.75 Å². The first-order valence-corrected chi connectivity index (χ1v) is 6.66. The van der Waals surface area contributed by atoms with E-state index in [4.69, 9.17) is 4.74 Å². The molecule has 2 heterocycles. The molecule has 0 amide bonds. The van der Waals surface area contributed by atoms with Gasteiger partial charge in [-0.2, -0.15) is 0 Å². The second-order valence-electron chi connectivity index (χ2n) is 3.44. The third-order valence-electron chi connectivity index (χ3n) is 2.43. The maximum atomic E-state index is 5.21. The van der Waals surface area contributed by atoms with Crippen molar-refractivity contribution in [3.63, 3.8) is 0 Å². The van der Waals surface area contributed by atoms with Gasteiger partial charge in [0.15, 0.2) is 0 Å². The molecule has 1 aromatic carbocycles. The quantitative estimate of drug-likeness (QED) is 0.668. The monoisotopic (exact) mass is 278 g/mol. The number of hydrogen-bond donors (Lipinski definition) is 1. The Bertz CT molecular complexity index is 542. The van der Waals surface area contributed by atoms with Gasteiger partial charge < -0.3 is 0 Å². The van der Waals surface area contributed by atoms with Crippen LogP contribution in [0.3, 0.4) is 0 Å². The molecule has 0 radical (unpaired) electrons. The van der Waals surface area contributed by atoms with Gasteiger partial charge in [-0.15, -0.1) is 0 Å². The maximum absolute atomic E-state index is 5.21. The van der Waals surface area contributed by atoms with Crippen LogP contribution in [0.2, 0.25) is 0 Å². The molecular weight excluding hydrogens is 267 g/mol. The van der Waals surface area contributed by atoms with Crippen LogP contribution in [0.4, 0.5) is 11.5 Å². The van der Waals surface area contributed by atoms with Gasteiger partial charge in [-0.05, 0) is 0 Å². The average molecular weight is 277 g/mol. The fraction of sp³-hybridized carbons (Fsp3) is 0.0833. The topological polar surface area (TPSA) is 34.1 Å². The van der Waals surface area contributed by atoms with Crippen molar-refractivity contribution >= 4 is 35.4 Å². The molecule has 1 aromatic heterocycles. The number of fused-ring (bicyclic) bond motifs is 2. The number of hydrogen-bond acceptors (Lipinski definition) is 3. The zero-order valence-corrected chi connectivity index (χ0v) is 10.4. The predicted molar refractivity (Wildman–Crippen MR) is 65.5 cm³/mol. The molecule has 0 spiro atoms. The summed E-state index contributed by atoms with van der Waals surface area (Å²) < 4.78 is 7.86. The molecule has 16 heavy (non-hydrogen) atoms. The Morgan fingerprint density at radius 3 is 3.06 bits per heavy atom. The van der Waals surface area contributed by atoms with Gasteiger partial charge in [-0.3, -0.25) is 0 Å². The van der Waals surface area contributed by atoms with E-state index in [9.17, 15) is 0 Å². The molecule has 0 atom stereocenters. The van der Waals surface area contributed by atoms with Crippen LogP contribution in [0.1, 0.15) is 0 Å². The Kier molecular flexibility index (Phi) is 2.31. The number of methoxy groups -OCH3 is 1. The van der Waals surface area contributed by atoms with E-state index in [1.807, 2.05) is 24.4 Å². The minimum atomic E-state index is 0.330. The summed E-state index contributed by atoms with van der Waals surface area (Å²) in [6, 6.07) is 10.3. The summed E-state index contributed by atoms with van der Waals surface area (Å²) in [6.07, 6.45) is 1.81. The first kappa shape index (κ1) is 9.70. The van der Waals surface area contributed by atoms with Crippen molar-refractivity contribution in [1.29, 1.82) is 0 Å². The molecule has 4 heteroatoms. The summed E-state index contributed by atoms with van der Waals surface area (Å²) >= 11 is 0.330. The Morgan fingerprint density at radius 1 is 1.25 bits per heavy atom. The Morgan fingerprint density at radius 2 is 2.19 bits per heavy atom. The zero-order valence-electron chi connectivity index (χ0n) is 8.73. The van der Waals surface area contributed by atoms with Gasteiger partial charge in [0, 0.05) is 0 Å². The van der Waals surface area contributed by atoms with Gasteiger partial charge in [0.25, 0.3) is 0 Å². The number of benzene rings is 1. The molecule has 3 rings (SSSR count). The molecule has 0 unspecified atom stereocenters. The molecule has 0 aliphatic carbocycles. The van der Waals surface area contributed by atoms with Crippen molar-refractivity contribution in [2.45, 2.75) is 0 Å². The van der Waals surface area contributed by atoms with Crippen molar-refractivity contribution in [2.75, 3.05) is 12.4 Å². The number of pyridine rings is 1. The van der Waals surface area contributed by atoms with Crippen LogP contribution in [0.15, 0.2) is 36.5 Å². The van der Waals surface area contributed by atoms with E-state index in [0.29, 0.717) is 15.0 Å². The van der Waals surface area contributed by atoms with Crippen LogP contribution in [0.25, 0.3) is 0 Å². The summed E-state index contributed by atoms with van der Waals surface area (Å²) in [4.78, 5) is 4.34. The van der Waals surface area contributed by atoms with Gasteiger partial charge in [0.05, 0.1) is 0 Å². The van der Waals surface area contributed by atoms with Crippen LogP contribution in [0.5, 0.6) is 5.75 Å². The van der Waals surface area contributed by atoms with Crippen LogP contribution in [0, 0.1) is 0 Å². The predicted octanol–water partition coefficient (Wildman–Crippen LogP) is 0.802. The number of nitrogens with zero attached hydrogens (tertiary/aromatic N) is 1. The molecule has 80 valence electrons. The molecule has 3 nitrogen and oxygen atoms in total. The van der Waals surface area contributed by atoms with Gasteiger partial charge in [0.2, 0.25) is 0 Å². The first-order chi connectivity index (χ1) is 7.86. The number of rotatable bonds is 1. The van der Waals surface area contributed by atoms with Gasteiger partial charge in [-0.1, -0.05) is 0 Å². The van der Waals surface area contributed by atoms with Crippen molar-refractivity contribution < 1.29 is 4.74 Å². The number of nitrogens with one attached hydrogen (secondary N) is 1. The van der Waals surface area contributed by atoms with Crippen molar-refractivity contribution in [3.05, 3.63) is 36.5 Å². The molecule has 2 aromatic rings. The van der Waals surface area contributed by atoms with Gasteiger partial charge in [-0.25, -0.2) is 0 Å². The van der Waals surface area contributed by atoms with Crippen molar-refractivity contribution in [1.82, 2.24) is 4.98 Å². The second-order valence-corrected chi connectivity index (χ2v) is 5.71. The van der Waals surface area contributed by atoms with E-state index in [2.05, 4.69) is 22.4 Å². The number of anilines is 2. The van der Waals surface area contributed by atoms with Gasteiger partial charge >= 0.3 is 99.8 Å². The number of ether oxygens (including phenoxy) is 1. The Labute approximate surface area is 100 Å². The van der Waals surface area contributed by atoms with E-state index in [1.165, 1.54) is 8.92 Å². The molecular formula is C12H10N2OSe. The van der Waals surface area contributed by atoms with E-state index in [1.54, 1.807) is 7.11 Å². The Balaban J connectivity index is 2.05. The molecule has 1 aliphatic heterocycles. The van der Waals surface area contributed by atoms with Gasteiger partial charge in [0.1, 0.15) is 0 Å². The van der Waals surface area contributed by atoms with Crippen LogP contribution >= 0.6 is 0 Å². The van der Waals surface area contributed by atoms with Crippen LogP contribution < -0.4 is 19.0 Å². The fourth-order valence-electron chi connectivity index (χ4n) is 1.64. The average Bonchev–Trinajstić information content (AvgIpc) is 2.35. The summed E-state index contributed by atoms with van der Waals surface area (Å²) in [5, 5.41) is 3.34. The summed E-state index contributed by atoms with van der Waals surface area (Å²) in [6.45, 7) is 0. The van der Waals surface area contributed by atoms with Crippen LogP contribution in [-0.2, 0) is 0 Å². The van der Waals surface area contributed by atoms with Crippen molar-refractivity contribution in [2.24, 2.45) is 0 Å². The summed E-state index contributed by atoms with van der Waals surface area (Å²) in [5.74, 6) is 1.85. The van der Waals surface area contributed by atoms with E-state index in [-0.39, 0.29) is 0 Å². The number of aromatic nitrogens is 1.